The highest BCUT2D eigenvalue weighted by molar-refractivity contribution is 6.26. The molecule has 0 amide bonds. The molecule has 0 fully saturated rings. The summed E-state index contributed by atoms with van der Waals surface area (Å²) in [6.45, 7) is 0. The van der Waals surface area contributed by atoms with Crippen molar-refractivity contribution in [2.75, 3.05) is 0 Å². The number of hydrogen-bond donors (Lipinski definition) is 0. The van der Waals surface area contributed by atoms with Gasteiger partial charge in [0.2, 0.25) is 0 Å². The third-order valence-electron chi connectivity index (χ3n) is 13.7. The first-order chi connectivity index (χ1) is 34.7. The molecular formula is C65H39N3O2. The topological polar surface area (TPSA) is 65.0 Å². The van der Waals surface area contributed by atoms with E-state index >= 15 is 0 Å². The second kappa shape index (κ2) is 16.1. The van der Waals surface area contributed by atoms with E-state index in [4.69, 9.17) is 23.8 Å². The van der Waals surface area contributed by atoms with E-state index in [0.717, 1.165) is 138 Å². The molecule has 0 aliphatic heterocycles. The molecule has 0 spiro atoms. The van der Waals surface area contributed by atoms with Crippen LogP contribution in [0.3, 0.4) is 0 Å². The highest BCUT2D eigenvalue weighted by Gasteiger charge is 2.22. The molecule has 0 radical (unpaired) electrons. The summed E-state index contributed by atoms with van der Waals surface area (Å²) in [5.41, 5.74) is 17.4. The highest BCUT2D eigenvalue weighted by atomic mass is 16.3. The Kier molecular flexibility index (Phi) is 9.14. The minimum atomic E-state index is 0.678. The number of fused-ring (bicyclic) bond motifs is 10. The van der Waals surface area contributed by atoms with Crippen molar-refractivity contribution in [2.24, 2.45) is 0 Å². The van der Waals surface area contributed by atoms with Gasteiger partial charge in [0.25, 0.3) is 0 Å². The molecule has 4 aromatic heterocycles. The zero-order valence-corrected chi connectivity index (χ0v) is 37.7. The number of hydrogen-bond acceptors (Lipinski definition) is 5. The molecule has 0 atom stereocenters. The second-order valence-electron chi connectivity index (χ2n) is 17.8. The molecule has 14 aromatic rings. The van der Waals surface area contributed by atoms with Gasteiger partial charge in [0.1, 0.15) is 22.3 Å². The predicted octanol–water partition coefficient (Wildman–Crippen LogP) is 17.6. The number of aromatic nitrogens is 3. The minimum Gasteiger partial charge on any atom is -0.455 e. The molecule has 5 nitrogen and oxygen atoms in total. The van der Waals surface area contributed by atoms with Gasteiger partial charge in [-0.25, -0.2) is 15.0 Å². The number of nitrogens with zero attached hydrogens (tertiary/aromatic N) is 3. The summed E-state index contributed by atoms with van der Waals surface area (Å²) >= 11 is 0. The first kappa shape index (κ1) is 39.7. The van der Waals surface area contributed by atoms with Gasteiger partial charge in [-0.05, 0) is 46.5 Å². The smallest absolute Gasteiger partial charge is 0.160 e. The van der Waals surface area contributed by atoms with Crippen molar-refractivity contribution in [1.29, 1.82) is 0 Å². The maximum Gasteiger partial charge on any atom is 0.160 e. The van der Waals surface area contributed by atoms with Crippen LogP contribution >= 0.6 is 0 Å². The number of para-hydroxylation sites is 3. The van der Waals surface area contributed by atoms with E-state index in [1.54, 1.807) is 0 Å². The first-order valence-corrected chi connectivity index (χ1v) is 23.6. The SMILES string of the molecule is c1ccc(-c2cc(-c3ccccc3-c3cccc4c3oc3c(-c5ccc(-c6cccc7oc8c(ccc9c(-c%10ccccc%10)nc%10ccccc%10c98)c67)cc5)cccc34)nc(-c3ccccc3)n2)cc1. The lowest BCUT2D eigenvalue weighted by Gasteiger charge is -2.13. The van der Waals surface area contributed by atoms with Crippen LogP contribution in [0, 0.1) is 0 Å². The Hall–Kier alpha value is -9.45. The second-order valence-corrected chi connectivity index (χ2v) is 17.8. The van der Waals surface area contributed by atoms with Crippen LogP contribution in [0.2, 0.25) is 0 Å². The molecular weight excluding hydrogens is 855 g/mol. The maximum absolute atomic E-state index is 7.06. The molecule has 326 valence electrons. The lowest BCUT2D eigenvalue weighted by molar-refractivity contribution is 0.671. The van der Waals surface area contributed by atoms with E-state index in [1.165, 1.54) is 0 Å². The lowest BCUT2D eigenvalue weighted by Crippen LogP contribution is -1.97. The van der Waals surface area contributed by atoms with Crippen molar-refractivity contribution < 1.29 is 8.83 Å². The van der Waals surface area contributed by atoms with Crippen LogP contribution in [0.15, 0.2) is 245 Å². The van der Waals surface area contributed by atoms with E-state index < -0.39 is 0 Å². The van der Waals surface area contributed by atoms with Gasteiger partial charge >= 0.3 is 0 Å². The summed E-state index contributed by atoms with van der Waals surface area (Å²) < 4.78 is 13.9. The Morgan fingerprint density at radius 2 is 0.814 bits per heavy atom. The molecule has 0 bridgehead atoms. The summed E-state index contributed by atoms with van der Waals surface area (Å²) in [6, 6.07) is 82.3. The van der Waals surface area contributed by atoms with E-state index in [1.807, 2.05) is 48.5 Å². The normalized spacial score (nSPS) is 11.7. The zero-order chi connectivity index (χ0) is 46.1. The van der Waals surface area contributed by atoms with Crippen LogP contribution in [-0.2, 0) is 0 Å². The van der Waals surface area contributed by atoms with E-state index in [0.29, 0.717) is 5.82 Å². The van der Waals surface area contributed by atoms with Gasteiger partial charge in [-0.3, -0.25) is 0 Å². The van der Waals surface area contributed by atoms with Gasteiger partial charge in [0, 0.05) is 71.1 Å². The quantitative estimate of drug-likeness (QED) is 0.149. The van der Waals surface area contributed by atoms with Gasteiger partial charge in [-0.15, -0.1) is 0 Å². The van der Waals surface area contributed by atoms with Crippen molar-refractivity contribution in [3.05, 3.63) is 237 Å². The summed E-state index contributed by atoms with van der Waals surface area (Å²) in [6.07, 6.45) is 0. The number of rotatable bonds is 7. The van der Waals surface area contributed by atoms with E-state index in [9.17, 15) is 0 Å². The van der Waals surface area contributed by atoms with Crippen LogP contribution in [0.4, 0.5) is 0 Å². The maximum atomic E-state index is 7.06. The fraction of sp³-hybridized carbons (Fsp3) is 0. The number of furan rings is 2. The van der Waals surface area contributed by atoms with E-state index in [2.05, 4.69) is 188 Å². The fourth-order valence-electron chi connectivity index (χ4n) is 10.5. The Balaban J connectivity index is 0.873. The Morgan fingerprint density at radius 1 is 0.271 bits per heavy atom. The average molecular weight is 894 g/mol. The molecule has 4 heterocycles. The van der Waals surface area contributed by atoms with Crippen LogP contribution < -0.4 is 0 Å². The molecule has 0 saturated heterocycles. The fourth-order valence-corrected chi connectivity index (χ4v) is 10.5. The molecule has 0 N–H and O–H groups in total. The first-order valence-electron chi connectivity index (χ1n) is 23.6. The van der Waals surface area contributed by atoms with Crippen LogP contribution in [0.1, 0.15) is 0 Å². The third kappa shape index (κ3) is 6.44. The molecule has 0 saturated carbocycles. The predicted molar refractivity (Wildman–Crippen MR) is 287 cm³/mol. The largest absolute Gasteiger partial charge is 0.455 e. The summed E-state index contributed by atoms with van der Waals surface area (Å²) in [7, 11) is 0. The van der Waals surface area contributed by atoms with Crippen molar-refractivity contribution in [3.63, 3.8) is 0 Å². The van der Waals surface area contributed by atoms with Crippen molar-refractivity contribution in [3.8, 4) is 78.5 Å². The Bertz CT molecular complexity index is 4270. The zero-order valence-electron chi connectivity index (χ0n) is 37.7. The molecule has 0 aliphatic carbocycles. The molecule has 5 heteroatoms. The number of pyridine rings is 1. The van der Waals surface area contributed by atoms with Gasteiger partial charge in [-0.1, -0.05) is 212 Å². The van der Waals surface area contributed by atoms with Gasteiger partial charge in [-0.2, -0.15) is 0 Å². The summed E-state index contributed by atoms with van der Waals surface area (Å²) in [4.78, 5) is 15.4. The molecule has 10 aromatic carbocycles. The Labute approximate surface area is 402 Å². The minimum absolute atomic E-state index is 0.678. The molecule has 70 heavy (non-hydrogen) atoms. The molecule has 14 rings (SSSR count). The van der Waals surface area contributed by atoms with Crippen LogP contribution in [-0.4, -0.2) is 15.0 Å². The average Bonchev–Trinajstić information content (AvgIpc) is 4.03. The number of benzene rings is 10. The van der Waals surface area contributed by atoms with Crippen molar-refractivity contribution in [2.45, 2.75) is 0 Å². The molecule has 0 aliphatic rings. The van der Waals surface area contributed by atoms with Crippen LogP contribution in [0.25, 0.3) is 144 Å². The Morgan fingerprint density at radius 3 is 1.57 bits per heavy atom. The van der Waals surface area contributed by atoms with Crippen molar-refractivity contribution >= 4 is 65.6 Å². The van der Waals surface area contributed by atoms with Gasteiger partial charge < -0.3 is 8.83 Å². The van der Waals surface area contributed by atoms with Gasteiger partial charge in [0.05, 0.1) is 22.6 Å². The molecule has 0 unspecified atom stereocenters. The van der Waals surface area contributed by atoms with E-state index in [-0.39, 0.29) is 0 Å². The standard InChI is InChI=1S/C65H39N3O2/c1-4-17-42(18-5-1)56-39-57(68-65(67-56)44-21-8-3-9-22-44)48-24-11-10-23-47(48)49-28-15-30-51-50-29-14-27-46(62(50)70-63(49)51)41-35-33-40(34-36-41)45-26-16-32-58-59(45)54-38-37-53-60(64(54)69-58)52-25-12-13-31-55(52)66-61(53)43-19-6-2-7-20-43/h1-39H. The summed E-state index contributed by atoms with van der Waals surface area (Å²) in [5.74, 6) is 0.678. The lowest BCUT2D eigenvalue weighted by atomic mass is 9.94. The van der Waals surface area contributed by atoms with Crippen LogP contribution in [0.5, 0.6) is 0 Å². The monoisotopic (exact) mass is 893 g/mol. The third-order valence-corrected chi connectivity index (χ3v) is 13.7. The van der Waals surface area contributed by atoms with Crippen molar-refractivity contribution in [1.82, 2.24) is 15.0 Å². The summed E-state index contributed by atoms with van der Waals surface area (Å²) in [5, 5.41) is 7.52. The van der Waals surface area contributed by atoms with Gasteiger partial charge in [0.15, 0.2) is 5.82 Å². The highest BCUT2D eigenvalue weighted by Crippen LogP contribution is 2.46.